The molecule has 0 aromatic rings. The molecule has 1 atom stereocenters. The Morgan fingerprint density at radius 2 is 2.05 bits per heavy atom. The normalized spacial score (nSPS) is 15.9. The predicted molar refractivity (Wildman–Crippen MR) is 88.7 cm³/mol. The fourth-order valence-electron chi connectivity index (χ4n) is 2.47. The molecule has 19 heavy (non-hydrogen) atoms. The van der Waals surface area contributed by atoms with E-state index in [4.69, 9.17) is 0 Å². The van der Waals surface area contributed by atoms with Gasteiger partial charge in [0.15, 0.2) is 0 Å². The highest BCUT2D eigenvalue weighted by Gasteiger charge is 2.16. The van der Waals surface area contributed by atoms with E-state index in [2.05, 4.69) is 63.6 Å². The second kappa shape index (κ2) is 10.9. The van der Waals surface area contributed by atoms with Crippen LogP contribution in [0.1, 0.15) is 53.4 Å². The van der Waals surface area contributed by atoms with Gasteiger partial charge in [-0.05, 0) is 43.8 Å². The Hall–Kier alpha value is -1.01. The van der Waals surface area contributed by atoms with Gasteiger partial charge in [-0.15, -0.1) is 6.42 Å². The van der Waals surface area contributed by atoms with Crippen molar-refractivity contribution in [3.8, 4) is 11.7 Å². The third kappa shape index (κ3) is 6.63. The molecular formula is C16H28N2S. The third-order valence-electron chi connectivity index (χ3n) is 3.61. The molecule has 1 aliphatic heterocycles. The van der Waals surface area contributed by atoms with Gasteiger partial charge in [0, 0.05) is 11.9 Å². The highest BCUT2D eigenvalue weighted by molar-refractivity contribution is 7.85. The molecule has 0 spiro atoms. The molecule has 0 saturated carbocycles. The summed E-state index contributed by atoms with van der Waals surface area (Å²) >= 11 is 3.32. The minimum absolute atomic E-state index is 0.712. The summed E-state index contributed by atoms with van der Waals surface area (Å²) in [5.41, 5.74) is 4.61. The van der Waals surface area contributed by atoms with Gasteiger partial charge in [-0.3, -0.25) is 0 Å². The van der Waals surface area contributed by atoms with E-state index < -0.39 is 0 Å². The predicted octanol–water partition coefficient (Wildman–Crippen LogP) is 4.04. The summed E-state index contributed by atoms with van der Waals surface area (Å²) in [7, 11) is 0. The molecule has 0 radical (unpaired) electrons. The van der Waals surface area contributed by atoms with Crippen LogP contribution >= 0.6 is 12.6 Å². The van der Waals surface area contributed by atoms with Crippen LogP contribution in [0.2, 0.25) is 0 Å². The summed E-state index contributed by atoms with van der Waals surface area (Å²) in [5.74, 6) is 0.712. The van der Waals surface area contributed by atoms with Crippen molar-refractivity contribution in [3.05, 3.63) is 23.0 Å². The Bertz CT molecular complexity index is 350. The maximum Gasteiger partial charge on any atom is 0.0843 e. The van der Waals surface area contributed by atoms with Crippen LogP contribution in [0, 0.1) is 17.6 Å². The van der Waals surface area contributed by atoms with Gasteiger partial charge >= 0.3 is 0 Å². The zero-order valence-electron chi connectivity index (χ0n) is 12.7. The van der Waals surface area contributed by atoms with E-state index in [0.29, 0.717) is 5.92 Å². The average molecular weight is 280 g/mol. The molecule has 0 saturated heterocycles. The first-order valence-corrected chi connectivity index (χ1v) is 7.53. The Labute approximate surface area is 124 Å². The van der Waals surface area contributed by atoms with Gasteiger partial charge < -0.3 is 10.6 Å². The van der Waals surface area contributed by atoms with E-state index in [9.17, 15) is 0 Å². The van der Waals surface area contributed by atoms with Gasteiger partial charge in [0.2, 0.25) is 0 Å². The van der Waals surface area contributed by atoms with Gasteiger partial charge in [0.25, 0.3) is 0 Å². The molecule has 0 amide bonds. The van der Waals surface area contributed by atoms with Crippen molar-refractivity contribution in [3.63, 3.8) is 0 Å². The molecule has 2 N–H and O–H groups in total. The lowest BCUT2D eigenvalue weighted by atomic mass is 9.86. The van der Waals surface area contributed by atoms with Crippen molar-refractivity contribution in [2.24, 2.45) is 5.92 Å². The molecule has 0 fully saturated rings. The number of hydrogen-bond donors (Lipinski definition) is 3. The SMILES string of the molecule is C#CS.CC/C(C)=C(\CC)C(CC)CC1=CNCN1. The first kappa shape index (κ1) is 18.0. The summed E-state index contributed by atoms with van der Waals surface area (Å²) in [5, 5.41) is 8.54. The molecule has 3 heteroatoms. The van der Waals surface area contributed by atoms with Crippen LogP contribution in [0.5, 0.6) is 0 Å². The van der Waals surface area contributed by atoms with E-state index in [1.165, 1.54) is 25.0 Å². The van der Waals surface area contributed by atoms with Crippen LogP contribution in [0.3, 0.4) is 0 Å². The van der Waals surface area contributed by atoms with Crippen LogP contribution in [-0.4, -0.2) is 6.67 Å². The molecule has 0 aromatic heterocycles. The van der Waals surface area contributed by atoms with Gasteiger partial charge in [-0.1, -0.05) is 44.5 Å². The standard InChI is InChI=1S/C14H26N2.C2H2S/c1-5-11(4)14(7-3)12(6-2)8-13-9-15-10-16-13;1-2-3/h9,12,15-16H,5-8,10H2,1-4H3;1,3H/b14-11+;. The largest absolute Gasteiger partial charge is 0.372 e. The molecule has 108 valence electrons. The molecule has 1 rings (SSSR count). The van der Waals surface area contributed by atoms with Gasteiger partial charge in [-0.2, -0.15) is 0 Å². The lowest BCUT2D eigenvalue weighted by molar-refractivity contribution is 0.546. The fraction of sp³-hybridized carbons (Fsp3) is 0.625. The molecule has 1 unspecified atom stereocenters. The molecule has 0 bridgehead atoms. The number of allylic oxidation sites excluding steroid dienone is 3. The summed E-state index contributed by atoms with van der Waals surface area (Å²) in [6, 6.07) is 0. The lowest BCUT2D eigenvalue weighted by Crippen LogP contribution is -2.16. The highest BCUT2D eigenvalue weighted by Crippen LogP contribution is 2.28. The number of terminal acetylenes is 1. The van der Waals surface area contributed by atoms with Crippen LogP contribution in [0.4, 0.5) is 0 Å². The monoisotopic (exact) mass is 280 g/mol. The van der Waals surface area contributed by atoms with Crippen LogP contribution < -0.4 is 10.6 Å². The maximum atomic E-state index is 4.46. The Morgan fingerprint density at radius 1 is 1.42 bits per heavy atom. The zero-order valence-corrected chi connectivity index (χ0v) is 13.6. The second-order valence-electron chi connectivity index (χ2n) is 4.68. The van der Waals surface area contributed by atoms with E-state index >= 15 is 0 Å². The Morgan fingerprint density at radius 3 is 2.42 bits per heavy atom. The number of hydrogen-bond acceptors (Lipinski definition) is 3. The average Bonchev–Trinajstić information content (AvgIpc) is 2.91. The summed E-state index contributed by atoms with van der Waals surface area (Å²) in [6.45, 7) is 10.0. The van der Waals surface area contributed by atoms with Crippen LogP contribution in [0.15, 0.2) is 23.0 Å². The van der Waals surface area contributed by atoms with Crippen molar-refractivity contribution in [1.29, 1.82) is 0 Å². The highest BCUT2D eigenvalue weighted by atomic mass is 32.1. The first-order chi connectivity index (χ1) is 9.14. The smallest absolute Gasteiger partial charge is 0.0843 e. The number of nitrogens with one attached hydrogen (secondary N) is 2. The molecule has 2 nitrogen and oxygen atoms in total. The molecule has 1 heterocycles. The fourth-order valence-corrected chi connectivity index (χ4v) is 2.47. The minimum Gasteiger partial charge on any atom is -0.372 e. The molecule has 0 aliphatic carbocycles. The first-order valence-electron chi connectivity index (χ1n) is 7.08. The summed E-state index contributed by atoms with van der Waals surface area (Å²) in [4.78, 5) is 0. The van der Waals surface area contributed by atoms with Gasteiger partial charge in [-0.25, -0.2) is 0 Å². The Kier molecular flexibility index (Phi) is 10.3. The van der Waals surface area contributed by atoms with Crippen molar-refractivity contribution < 1.29 is 0 Å². The summed E-state index contributed by atoms with van der Waals surface area (Å²) < 4.78 is 0. The maximum absolute atomic E-state index is 4.46. The van der Waals surface area contributed by atoms with Gasteiger partial charge in [0.05, 0.1) is 6.67 Å². The zero-order chi connectivity index (χ0) is 14.7. The molecular weight excluding hydrogens is 252 g/mol. The topological polar surface area (TPSA) is 24.1 Å². The summed E-state index contributed by atoms with van der Waals surface area (Å²) in [6.07, 6.45) is 11.4. The number of thiol groups is 1. The van der Waals surface area contributed by atoms with E-state index in [-0.39, 0.29) is 0 Å². The lowest BCUT2D eigenvalue weighted by Gasteiger charge is -2.21. The van der Waals surface area contributed by atoms with Gasteiger partial charge in [0.1, 0.15) is 0 Å². The Balaban J connectivity index is 0.000000982. The second-order valence-corrected chi connectivity index (χ2v) is 4.94. The molecule has 1 aliphatic rings. The van der Waals surface area contributed by atoms with E-state index in [1.54, 1.807) is 11.1 Å². The van der Waals surface area contributed by atoms with Crippen molar-refractivity contribution in [1.82, 2.24) is 10.6 Å². The van der Waals surface area contributed by atoms with Crippen molar-refractivity contribution in [2.75, 3.05) is 6.67 Å². The van der Waals surface area contributed by atoms with E-state index in [1.807, 2.05) is 5.25 Å². The van der Waals surface area contributed by atoms with Crippen LogP contribution in [-0.2, 0) is 0 Å². The third-order valence-corrected chi connectivity index (χ3v) is 3.61. The van der Waals surface area contributed by atoms with Crippen LogP contribution in [0.25, 0.3) is 0 Å². The quantitative estimate of drug-likeness (QED) is 0.389. The van der Waals surface area contributed by atoms with Crippen molar-refractivity contribution >= 4 is 12.6 Å². The van der Waals surface area contributed by atoms with Crippen molar-refractivity contribution in [2.45, 2.75) is 53.4 Å². The minimum atomic E-state index is 0.712. The molecule has 0 aromatic carbocycles. The number of rotatable bonds is 6. The van der Waals surface area contributed by atoms with E-state index in [0.717, 1.165) is 13.1 Å².